The fourth-order valence-electron chi connectivity index (χ4n) is 2.45. The monoisotopic (exact) mass is 523 g/mol. The molecule has 8 heteroatoms. The molecule has 2 aromatic rings. The first-order valence-electron chi connectivity index (χ1n) is 7.94. The Morgan fingerprint density at radius 2 is 1.89 bits per heavy atom. The van der Waals surface area contributed by atoms with Gasteiger partial charge < -0.3 is 4.74 Å². The van der Waals surface area contributed by atoms with Crippen LogP contribution in [0.25, 0.3) is 6.08 Å². The smallest absolute Gasteiger partial charge is 0.294 e. The van der Waals surface area contributed by atoms with Crippen molar-refractivity contribution in [1.82, 2.24) is 4.90 Å². The lowest BCUT2D eigenvalue weighted by Gasteiger charge is -2.12. The molecule has 2 amide bonds. The summed E-state index contributed by atoms with van der Waals surface area (Å²) in [4.78, 5) is 25.5. The Bertz CT molecular complexity index is 1010. The number of amides is 2. The van der Waals surface area contributed by atoms with Gasteiger partial charge in [-0.25, -0.2) is 4.39 Å². The zero-order valence-electron chi connectivity index (χ0n) is 14.2. The highest BCUT2D eigenvalue weighted by Gasteiger charge is 2.34. The van der Waals surface area contributed by atoms with E-state index in [1.807, 2.05) is 0 Å². The van der Waals surface area contributed by atoms with Gasteiger partial charge in [0.2, 0.25) is 0 Å². The van der Waals surface area contributed by atoms with Crippen LogP contribution in [0.4, 0.5) is 9.18 Å². The third kappa shape index (κ3) is 4.49. The predicted octanol–water partition coefficient (Wildman–Crippen LogP) is 5.60. The van der Waals surface area contributed by atoms with Crippen molar-refractivity contribution in [3.05, 3.63) is 67.2 Å². The van der Waals surface area contributed by atoms with Crippen LogP contribution < -0.4 is 4.74 Å². The molecule has 0 spiro atoms. The molecule has 0 radical (unpaired) electrons. The average Bonchev–Trinajstić information content (AvgIpc) is 2.90. The van der Waals surface area contributed by atoms with Crippen molar-refractivity contribution in [2.45, 2.75) is 6.61 Å². The molecule has 0 bridgehead atoms. The summed E-state index contributed by atoms with van der Waals surface area (Å²) in [6.07, 6.45) is 6.80. The van der Waals surface area contributed by atoms with Crippen molar-refractivity contribution < 1.29 is 18.7 Å². The van der Waals surface area contributed by atoms with Crippen LogP contribution in [0.1, 0.15) is 11.1 Å². The van der Waals surface area contributed by atoms with Gasteiger partial charge in [-0.05, 0) is 73.5 Å². The minimum absolute atomic E-state index is 0.0573. The van der Waals surface area contributed by atoms with E-state index in [1.54, 1.807) is 36.4 Å². The molecule has 3 rings (SSSR count). The molecule has 0 aromatic heterocycles. The standard InChI is InChI=1S/C20H12Br2FNO3S/c1-2-7-24-19(25)17(28-20(24)26)10-12-8-14(21)18(15(22)9-12)27-11-13-5-3-4-6-16(13)23/h1,3-6,8-10H,7,11H2/b17-10+. The summed E-state index contributed by atoms with van der Waals surface area (Å²) in [5.41, 5.74) is 1.12. The number of imide groups is 1. The van der Waals surface area contributed by atoms with Crippen molar-refractivity contribution in [2.75, 3.05) is 6.54 Å². The van der Waals surface area contributed by atoms with Crippen molar-refractivity contribution >= 4 is 60.8 Å². The largest absolute Gasteiger partial charge is 0.486 e. The molecule has 28 heavy (non-hydrogen) atoms. The second-order valence-corrected chi connectivity index (χ2v) is 8.37. The quantitative estimate of drug-likeness (QED) is 0.377. The average molecular weight is 525 g/mol. The molecule has 0 atom stereocenters. The maximum absolute atomic E-state index is 13.8. The van der Waals surface area contributed by atoms with Crippen molar-refractivity contribution in [1.29, 1.82) is 0 Å². The molecule has 0 unspecified atom stereocenters. The number of carbonyl (C=O) groups excluding carboxylic acids is 2. The fourth-order valence-corrected chi connectivity index (χ4v) is 4.73. The first-order chi connectivity index (χ1) is 13.4. The number of terminal acetylenes is 1. The third-order valence-electron chi connectivity index (χ3n) is 3.77. The molecular formula is C20H12Br2FNO3S. The van der Waals surface area contributed by atoms with Crippen LogP contribution in [-0.4, -0.2) is 22.6 Å². The lowest BCUT2D eigenvalue weighted by molar-refractivity contribution is -0.122. The van der Waals surface area contributed by atoms with Crippen LogP contribution in [-0.2, 0) is 11.4 Å². The van der Waals surface area contributed by atoms with E-state index in [1.165, 1.54) is 6.07 Å². The molecule has 1 fully saturated rings. The Balaban J connectivity index is 1.81. The highest BCUT2D eigenvalue weighted by atomic mass is 79.9. The molecule has 142 valence electrons. The van der Waals surface area contributed by atoms with E-state index in [4.69, 9.17) is 11.2 Å². The minimum atomic E-state index is -0.417. The predicted molar refractivity (Wildman–Crippen MR) is 114 cm³/mol. The molecule has 1 heterocycles. The van der Waals surface area contributed by atoms with E-state index in [2.05, 4.69) is 37.8 Å². The lowest BCUT2D eigenvalue weighted by atomic mass is 10.2. The van der Waals surface area contributed by atoms with Crippen molar-refractivity contribution in [3.63, 3.8) is 0 Å². The number of hydrogen-bond donors (Lipinski definition) is 0. The summed E-state index contributed by atoms with van der Waals surface area (Å²) in [7, 11) is 0. The number of carbonyl (C=O) groups is 2. The first-order valence-corrected chi connectivity index (χ1v) is 10.3. The molecule has 0 saturated carbocycles. The van der Waals surface area contributed by atoms with Crippen LogP contribution in [0, 0.1) is 18.2 Å². The van der Waals surface area contributed by atoms with E-state index in [0.29, 0.717) is 30.7 Å². The zero-order valence-corrected chi connectivity index (χ0v) is 18.2. The number of rotatable bonds is 5. The molecule has 1 saturated heterocycles. The summed E-state index contributed by atoms with van der Waals surface area (Å²) in [5.74, 6) is 2.04. The maximum atomic E-state index is 13.8. The molecule has 1 aliphatic rings. The van der Waals surface area contributed by atoms with E-state index in [0.717, 1.165) is 16.7 Å². The lowest BCUT2D eigenvalue weighted by Crippen LogP contribution is -2.28. The number of ether oxygens (including phenoxy) is 1. The van der Waals surface area contributed by atoms with E-state index >= 15 is 0 Å². The molecular weight excluding hydrogens is 513 g/mol. The third-order valence-corrected chi connectivity index (χ3v) is 5.86. The van der Waals surface area contributed by atoms with Gasteiger partial charge in [0, 0.05) is 5.56 Å². The topological polar surface area (TPSA) is 46.6 Å². The number of hydrogen-bond acceptors (Lipinski definition) is 4. The van der Waals surface area contributed by atoms with Crippen molar-refractivity contribution in [2.24, 2.45) is 0 Å². The molecule has 1 aliphatic heterocycles. The molecule has 4 nitrogen and oxygen atoms in total. The maximum Gasteiger partial charge on any atom is 0.294 e. The first kappa shape index (κ1) is 20.6. The summed E-state index contributed by atoms with van der Waals surface area (Å²) < 4.78 is 20.7. The Labute approximate surface area is 182 Å². The van der Waals surface area contributed by atoms with E-state index < -0.39 is 11.1 Å². The Morgan fingerprint density at radius 3 is 2.54 bits per heavy atom. The number of nitrogens with zero attached hydrogens (tertiary/aromatic N) is 1. The molecule has 2 aromatic carbocycles. The van der Waals surface area contributed by atoms with E-state index in [9.17, 15) is 14.0 Å². The fraction of sp³-hybridized carbons (Fsp3) is 0.100. The normalized spacial score (nSPS) is 15.2. The SMILES string of the molecule is C#CCN1C(=O)S/C(=C/c2cc(Br)c(OCc3ccccc3F)c(Br)c2)C1=O. The highest BCUT2D eigenvalue weighted by molar-refractivity contribution is 9.11. The summed E-state index contributed by atoms with van der Waals surface area (Å²) in [5, 5.41) is -0.392. The van der Waals surface area contributed by atoms with Gasteiger partial charge in [0.15, 0.2) is 0 Å². The van der Waals surface area contributed by atoms with Gasteiger partial charge in [-0.15, -0.1) is 6.42 Å². The van der Waals surface area contributed by atoms with Crippen molar-refractivity contribution in [3.8, 4) is 18.1 Å². The summed E-state index contributed by atoms with van der Waals surface area (Å²) in [6, 6.07) is 9.87. The minimum Gasteiger partial charge on any atom is -0.486 e. The molecule has 0 N–H and O–H groups in total. The van der Waals surface area contributed by atoms with Gasteiger partial charge >= 0.3 is 0 Å². The van der Waals surface area contributed by atoms with E-state index in [-0.39, 0.29) is 19.0 Å². The highest BCUT2D eigenvalue weighted by Crippen LogP contribution is 2.38. The van der Waals surface area contributed by atoms with Crippen LogP contribution in [0.15, 0.2) is 50.2 Å². The Morgan fingerprint density at radius 1 is 1.21 bits per heavy atom. The summed E-state index contributed by atoms with van der Waals surface area (Å²) in [6.45, 7) is 0.00637. The second-order valence-electron chi connectivity index (χ2n) is 5.67. The molecule has 0 aliphatic carbocycles. The van der Waals surface area contributed by atoms with Gasteiger partial charge in [0.1, 0.15) is 18.2 Å². The van der Waals surface area contributed by atoms with Gasteiger partial charge in [0.05, 0.1) is 20.4 Å². The van der Waals surface area contributed by atoms with Gasteiger partial charge in [-0.1, -0.05) is 24.1 Å². The van der Waals surface area contributed by atoms with Gasteiger partial charge in [0.25, 0.3) is 11.1 Å². The number of thioether (sulfide) groups is 1. The van der Waals surface area contributed by atoms with Gasteiger partial charge in [-0.3, -0.25) is 14.5 Å². The van der Waals surface area contributed by atoms with Crippen LogP contribution in [0.2, 0.25) is 0 Å². The van der Waals surface area contributed by atoms with Crippen LogP contribution >= 0.6 is 43.6 Å². The number of halogens is 3. The van der Waals surface area contributed by atoms with Gasteiger partial charge in [-0.2, -0.15) is 0 Å². The summed E-state index contributed by atoms with van der Waals surface area (Å²) >= 11 is 7.70. The zero-order chi connectivity index (χ0) is 20.3. The van der Waals surface area contributed by atoms with Crippen LogP contribution in [0.5, 0.6) is 5.75 Å². The van der Waals surface area contributed by atoms with Crippen LogP contribution in [0.3, 0.4) is 0 Å². The number of benzene rings is 2. The Kier molecular flexibility index (Phi) is 6.60. The second kappa shape index (κ2) is 8.95. The Hall–Kier alpha value is -2.08.